The van der Waals surface area contributed by atoms with Gasteiger partial charge in [-0.2, -0.15) is 0 Å². The van der Waals surface area contributed by atoms with Crippen molar-refractivity contribution in [3.05, 3.63) is 57.6 Å². The monoisotopic (exact) mass is 405 g/mol. The first-order valence-electron chi connectivity index (χ1n) is 7.77. The summed E-state index contributed by atoms with van der Waals surface area (Å²) in [4.78, 5) is 23.3. The average Bonchev–Trinajstić information content (AvgIpc) is 2.61. The standard InChI is InChI=1S/C19H20BrNO4/c1-12-4-6-14(7-5-12)10-21-19(23)13(2)25-18-8-15(11-22)16(20)9-17(18)24-3/h4-9,11,13H,10H2,1-3H3,(H,21,23)/t13-/m1/s1. The van der Waals surface area contributed by atoms with Crippen molar-refractivity contribution in [2.75, 3.05) is 7.11 Å². The summed E-state index contributed by atoms with van der Waals surface area (Å²) in [5.74, 6) is 0.527. The van der Waals surface area contributed by atoms with Gasteiger partial charge < -0.3 is 14.8 Å². The Kier molecular flexibility index (Phi) is 6.58. The lowest BCUT2D eigenvalue weighted by Gasteiger charge is -2.17. The quantitative estimate of drug-likeness (QED) is 0.713. The number of amides is 1. The Morgan fingerprint density at radius 1 is 1.24 bits per heavy atom. The van der Waals surface area contributed by atoms with Crippen LogP contribution in [0.25, 0.3) is 0 Å². The molecule has 0 aliphatic heterocycles. The summed E-state index contributed by atoms with van der Waals surface area (Å²) in [6, 6.07) is 11.1. The molecule has 1 atom stereocenters. The van der Waals surface area contributed by atoms with Gasteiger partial charge in [-0.1, -0.05) is 29.8 Å². The van der Waals surface area contributed by atoms with E-state index in [2.05, 4.69) is 21.2 Å². The maximum Gasteiger partial charge on any atom is 0.261 e. The van der Waals surface area contributed by atoms with Gasteiger partial charge in [-0.25, -0.2) is 0 Å². The molecule has 132 valence electrons. The van der Waals surface area contributed by atoms with E-state index in [0.717, 1.165) is 5.56 Å². The highest BCUT2D eigenvalue weighted by atomic mass is 79.9. The maximum absolute atomic E-state index is 12.3. The van der Waals surface area contributed by atoms with E-state index < -0.39 is 6.10 Å². The second-order valence-corrected chi connectivity index (χ2v) is 6.46. The molecule has 0 saturated heterocycles. The molecule has 25 heavy (non-hydrogen) atoms. The van der Waals surface area contributed by atoms with Crippen LogP contribution >= 0.6 is 15.9 Å². The van der Waals surface area contributed by atoms with Crippen LogP contribution < -0.4 is 14.8 Å². The number of methoxy groups -OCH3 is 1. The van der Waals surface area contributed by atoms with Crippen molar-refractivity contribution < 1.29 is 19.1 Å². The first-order valence-corrected chi connectivity index (χ1v) is 8.56. The summed E-state index contributed by atoms with van der Waals surface area (Å²) in [6.07, 6.45) is -0.0292. The van der Waals surface area contributed by atoms with Gasteiger partial charge in [0.2, 0.25) is 0 Å². The van der Waals surface area contributed by atoms with E-state index in [1.807, 2.05) is 31.2 Å². The van der Waals surface area contributed by atoms with Crippen LogP contribution in [0.5, 0.6) is 11.5 Å². The molecular weight excluding hydrogens is 386 g/mol. The van der Waals surface area contributed by atoms with Crippen LogP contribution in [-0.4, -0.2) is 25.4 Å². The third-order valence-electron chi connectivity index (χ3n) is 3.67. The minimum Gasteiger partial charge on any atom is -0.493 e. The number of hydrogen-bond donors (Lipinski definition) is 1. The second kappa shape index (κ2) is 8.67. The molecule has 1 amide bonds. The third kappa shape index (κ3) is 5.06. The Bertz CT molecular complexity index is 759. The van der Waals surface area contributed by atoms with Gasteiger partial charge in [0.1, 0.15) is 0 Å². The lowest BCUT2D eigenvalue weighted by Crippen LogP contribution is -2.36. The predicted molar refractivity (Wildman–Crippen MR) is 99.2 cm³/mol. The molecule has 2 rings (SSSR count). The van der Waals surface area contributed by atoms with Crippen LogP contribution in [0, 0.1) is 6.92 Å². The fourth-order valence-corrected chi connectivity index (χ4v) is 2.59. The van der Waals surface area contributed by atoms with Crippen molar-refractivity contribution in [1.82, 2.24) is 5.32 Å². The van der Waals surface area contributed by atoms with E-state index >= 15 is 0 Å². The number of aryl methyl sites for hydroxylation is 1. The SMILES string of the molecule is COc1cc(Br)c(C=O)cc1O[C@H](C)C(=O)NCc1ccc(C)cc1. The number of benzene rings is 2. The average molecular weight is 406 g/mol. The van der Waals surface area contributed by atoms with Crippen molar-refractivity contribution in [2.24, 2.45) is 0 Å². The summed E-state index contributed by atoms with van der Waals surface area (Å²) in [5.41, 5.74) is 2.60. The van der Waals surface area contributed by atoms with Crippen LogP contribution in [-0.2, 0) is 11.3 Å². The van der Waals surface area contributed by atoms with Gasteiger partial charge in [0.15, 0.2) is 23.9 Å². The molecule has 0 aliphatic rings. The van der Waals surface area contributed by atoms with E-state index in [1.165, 1.54) is 12.7 Å². The lowest BCUT2D eigenvalue weighted by molar-refractivity contribution is -0.127. The van der Waals surface area contributed by atoms with Gasteiger partial charge in [0.05, 0.1) is 7.11 Å². The van der Waals surface area contributed by atoms with Crippen LogP contribution in [0.4, 0.5) is 0 Å². The normalized spacial score (nSPS) is 11.5. The smallest absolute Gasteiger partial charge is 0.261 e. The zero-order chi connectivity index (χ0) is 18.4. The Hall–Kier alpha value is -2.34. The Morgan fingerprint density at radius 3 is 2.52 bits per heavy atom. The fraction of sp³-hybridized carbons (Fsp3) is 0.263. The lowest BCUT2D eigenvalue weighted by atomic mass is 10.1. The minimum atomic E-state index is -0.736. The molecule has 0 bridgehead atoms. The highest BCUT2D eigenvalue weighted by Crippen LogP contribution is 2.33. The molecule has 0 aliphatic carbocycles. The molecule has 2 aromatic rings. The van der Waals surface area contributed by atoms with Crippen molar-refractivity contribution in [2.45, 2.75) is 26.5 Å². The van der Waals surface area contributed by atoms with Gasteiger partial charge in [-0.05, 0) is 47.5 Å². The molecule has 0 heterocycles. The minimum absolute atomic E-state index is 0.252. The van der Waals surface area contributed by atoms with Crippen LogP contribution in [0.1, 0.15) is 28.4 Å². The molecule has 1 N–H and O–H groups in total. The van der Waals surface area contributed by atoms with E-state index in [9.17, 15) is 9.59 Å². The van der Waals surface area contributed by atoms with E-state index in [4.69, 9.17) is 9.47 Å². The van der Waals surface area contributed by atoms with Crippen LogP contribution in [0.3, 0.4) is 0 Å². The fourth-order valence-electron chi connectivity index (χ4n) is 2.18. The number of carbonyl (C=O) groups excluding carboxylic acids is 2. The zero-order valence-electron chi connectivity index (χ0n) is 14.3. The first kappa shape index (κ1) is 19.0. The number of rotatable bonds is 7. The summed E-state index contributed by atoms with van der Waals surface area (Å²) < 4.78 is 11.5. The van der Waals surface area contributed by atoms with E-state index in [1.54, 1.807) is 19.1 Å². The van der Waals surface area contributed by atoms with Gasteiger partial charge in [0, 0.05) is 16.6 Å². The Balaban J connectivity index is 2.03. The van der Waals surface area contributed by atoms with Crippen molar-refractivity contribution in [3.8, 4) is 11.5 Å². The van der Waals surface area contributed by atoms with Gasteiger partial charge in [-0.3, -0.25) is 9.59 Å². The van der Waals surface area contributed by atoms with Crippen molar-refractivity contribution >= 4 is 28.1 Å². The Labute approximate surface area is 155 Å². The zero-order valence-corrected chi connectivity index (χ0v) is 15.9. The number of carbonyl (C=O) groups is 2. The molecule has 0 unspecified atom stereocenters. The summed E-state index contributed by atoms with van der Waals surface area (Å²) >= 11 is 3.29. The summed E-state index contributed by atoms with van der Waals surface area (Å²) in [5, 5.41) is 2.83. The Morgan fingerprint density at radius 2 is 1.92 bits per heavy atom. The third-order valence-corrected chi connectivity index (χ3v) is 4.36. The largest absolute Gasteiger partial charge is 0.493 e. The van der Waals surface area contributed by atoms with Crippen LogP contribution in [0.15, 0.2) is 40.9 Å². The summed E-state index contributed by atoms with van der Waals surface area (Å²) in [6.45, 7) is 4.08. The molecule has 5 nitrogen and oxygen atoms in total. The highest BCUT2D eigenvalue weighted by Gasteiger charge is 2.18. The summed E-state index contributed by atoms with van der Waals surface area (Å²) in [7, 11) is 1.50. The highest BCUT2D eigenvalue weighted by molar-refractivity contribution is 9.10. The molecule has 0 aromatic heterocycles. The molecule has 2 aromatic carbocycles. The first-order chi connectivity index (χ1) is 11.9. The molecular formula is C19H20BrNO4. The molecule has 0 spiro atoms. The van der Waals surface area contributed by atoms with E-state index in [0.29, 0.717) is 34.4 Å². The maximum atomic E-state index is 12.3. The number of hydrogen-bond acceptors (Lipinski definition) is 4. The van der Waals surface area contributed by atoms with Gasteiger partial charge >= 0.3 is 0 Å². The molecule has 6 heteroatoms. The van der Waals surface area contributed by atoms with Gasteiger partial charge in [-0.15, -0.1) is 0 Å². The molecule has 0 saturated carbocycles. The molecule has 0 radical (unpaired) electrons. The second-order valence-electron chi connectivity index (χ2n) is 5.61. The van der Waals surface area contributed by atoms with Crippen LogP contribution in [0.2, 0.25) is 0 Å². The van der Waals surface area contributed by atoms with E-state index in [-0.39, 0.29) is 5.91 Å². The number of halogens is 1. The number of aldehydes is 1. The van der Waals surface area contributed by atoms with Gasteiger partial charge in [0.25, 0.3) is 5.91 Å². The predicted octanol–water partition coefficient (Wildman–Crippen LogP) is 3.66. The van der Waals surface area contributed by atoms with Crippen molar-refractivity contribution in [3.63, 3.8) is 0 Å². The topological polar surface area (TPSA) is 64.6 Å². The molecule has 0 fully saturated rings. The van der Waals surface area contributed by atoms with Crippen molar-refractivity contribution in [1.29, 1.82) is 0 Å². The number of nitrogens with one attached hydrogen (secondary N) is 1. The number of ether oxygens (including phenoxy) is 2.